The quantitative estimate of drug-likeness (QED) is 0.699. The molecule has 5 nitrogen and oxygen atoms in total. The monoisotopic (exact) mass is 398 g/mol. The fraction of sp³-hybridized carbons (Fsp3) is 0.391. The molecule has 1 aliphatic rings. The van der Waals surface area contributed by atoms with E-state index in [1.165, 1.54) is 12.1 Å². The van der Waals surface area contributed by atoms with Crippen LogP contribution in [0, 0.1) is 19.7 Å². The first-order chi connectivity index (χ1) is 14.0. The van der Waals surface area contributed by atoms with Gasteiger partial charge in [-0.1, -0.05) is 30.3 Å². The van der Waals surface area contributed by atoms with Crippen LogP contribution in [-0.2, 0) is 4.79 Å². The molecule has 154 valence electrons. The van der Waals surface area contributed by atoms with Crippen molar-refractivity contribution >= 4 is 11.8 Å². The van der Waals surface area contributed by atoms with Crippen molar-refractivity contribution in [2.24, 2.45) is 0 Å². The van der Waals surface area contributed by atoms with E-state index in [0.717, 1.165) is 16.9 Å². The Morgan fingerprint density at radius 2 is 1.55 bits per heavy atom. The van der Waals surface area contributed by atoms with Gasteiger partial charge in [-0.25, -0.2) is 4.39 Å². The zero-order chi connectivity index (χ0) is 20.8. The maximum absolute atomic E-state index is 13.8. The van der Waals surface area contributed by atoms with Crippen molar-refractivity contribution < 1.29 is 18.7 Å². The first-order valence-electron chi connectivity index (χ1n) is 9.98. The Labute approximate surface area is 171 Å². The van der Waals surface area contributed by atoms with Crippen molar-refractivity contribution in [1.82, 2.24) is 9.80 Å². The Morgan fingerprint density at radius 1 is 0.931 bits per heavy atom. The van der Waals surface area contributed by atoms with Crippen molar-refractivity contribution in [2.45, 2.75) is 26.7 Å². The molecule has 0 bridgehead atoms. The van der Waals surface area contributed by atoms with Crippen molar-refractivity contribution in [2.75, 3.05) is 32.8 Å². The van der Waals surface area contributed by atoms with Crippen LogP contribution >= 0.6 is 0 Å². The van der Waals surface area contributed by atoms with Crippen molar-refractivity contribution in [3.05, 3.63) is 65.0 Å². The van der Waals surface area contributed by atoms with Crippen molar-refractivity contribution in [1.29, 1.82) is 0 Å². The molecule has 1 aliphatic heterocycles. The van der Waals surface area contributed by atoms with E-state index in [4.69, 9.17) is 4.74 Å². The predicted octanol–water partition coefficient (Wildman–Crippen LogP) is 3.59. The summed E-state index contributed by atoms with van der Waals surface area (Å²) in [6.07, 6.45) is 1.05. The summed E-state index contributed by atoms with van der Waals surface area (Å²) in [7, 11) is 0. The van der Waals surface area contributed by atoms with E-state index in [2.05, 4.69) is 0 Å². The van der Waals surface area contributed by atoms with Gasteiger partial charge in [0.1, 0.15) is 11.6 Å². The SMILES string of the molecule is Cc1cccc(C)c1OCCCC(=O)N1CCN(C(=O)c2ccccc2F)CC1. The molecule has 2 amide bonds. The second-order valence-electron chi connectivity index (χ2n) is 7.33. The molecule has 0 saturated carbocycles. The Morgan fingerprint density at radius 3 is 2.21 bits per heavy atom. The lowest BCUT2D eigenvalue weighted by atomic mass is 10.1. The number of ether oxygens (including phenoxy) is 1. The molecule has 0 unspecified atom stereocenters. The summed E-state index contributed by atoms with van der Waals surface area (Å²) in [6.45, 7) is 6.28. The van der Waals surface area contributed by atoms with Gasteiger partial charge in [-0.2, -0.15) is 0 Å². The highest BCUT2D eigenvalue weighted by atomic mass is 19.1. The van der Waals surface area contributed by atoms with E-state index >= 15 is 0 Å². The first-order valence-corrected chi connectivity index (χ1v) is 9.98. The molecule has 1 saturated heterocycles. The van der Waals surface area contributed by atoms with Crippen LogP contribution in [0.2, 0.25) is 0 Å². The summed E-state index contributed by atoms with van der Waals surface area (Å²) < 4.78 is 19.7. The summed E-state index contributed by atoms with van der Waals surface area (Å²) in [5.41, 5.74) is 2.26. The second-order valence-corrected chi connectivity index (χ2v) is 7.33. The van der Waals surface area contributed by atoms with Gasteiger partial charge in [-0.15, -0.1) is 0 Å². The van der Waals surface area contributed by atoms with E-state index in [1.54, 1.807) is 21.9 Å². The van der Waals surface area contributed by atoms with E-state index in [1.807, 2.05) is 32.0 Å². The minimum absolute atomic E-state index is 0.0631. The van der Waals surface area contributed by atoms with Gasteiger partial charge in [0.25, 0.3) is 5.91 Å². The second kappa shape index (κ2) is 9.54. The van der Waals surface area contributed by atoms with Gasteiger partial charge in [0.05, 0.1) is 12.2 Å². The van der Waals surface area contributed by atoms with E-state index in [9.17, 15) is 14.0 Å². The van der Waals surface area contributed by atoms with Gasteiger partial charge in [-0.05, 0) is 43.5 Å². The minimum atomic E-state index is -0.514. The zero-order valence-corrected chi connectivity index (χ0v) is 17.0. The summed E-state index contributed by atoms with van der Waals surface area (Å²) in [5, 5.41) is 0. The van der Waals surface area contributed by atoms with Crippen LogP contribution in [-0.4, -0.2) is 54.4 Å². The largest absolute Gasteiger partial charge is 0.493 e. The maximum Gasteiger partial charge on any atom is 0.256 e. The number of hydrogen-bond donors (Lipinski definition) is 0. The van der Waals surface area contributed by atoms with Crippen LogP contribution in [0.1, 0.15) is 34.3 Å². The number of carbonyl (C=O) groups is 2. The number of hydrogen-bond acceptors (Lipinski definition) is 3. The maximum atomic E-state index is 13.8. The number of halogens is 1. The van der Waals surface area contributed by atoms with Crippen LogP contribution < -0.4 is 4.74 Å². The van der Waals surface area contributed by atoms with E-state index in [-0.39, 0.29) is 17.4 Å². The molecule has 6 heteroatoms. The average Bonchev–Trinajstić information content (AvgIpc) is 2.72. The molecule has 0 radical (unpaired) electrons. The normalized spacial score (nSPS) is 14.0. The van der Waals surface area contributed by atoms with Gasteiger partial charge in [0.15, 0.2) is 0 Å². The molecule has 0 aromatic heterocycles. The molecule has 2 aromatic rings. The fourth-order valence-corrected chi connectivity index (χ4v) is 3.55. The van der Waals surface area contributed by atoms with E-state index in [0.29, 0.717) is 45.6 Å². The average molecular weight is 398 g/mol. The summed E-state index contributed by atoms with van der Waals surface area (Å²) >= 11 is 0. The molecule has 1 heterocycles. The molecular weight excluding hydrogens is 371 g/mol. The molecule has 0 atom stereocenters. The molecular formula is C23H27FN2O3. The smallest absolute Gasteiger partial charge is 0.256 e. The molecule has 2 aromatic carbocycles. The molecule has 0 aliphatic carbocycles. The topological polar surface area (TPSA) is 49.9 Å². The minimum Gasteiger partial charge on any atom is -0.493 e. The Bertz CT molecular complexity index is 856. The summed E-state index contributed by atoms with van der Waals surface area (Å²) in [5.74, 6) is 0.116. The number of benzene rings is 2. The standard InChI is InChI=1S/C23H27FN2O3/c1-17-7-5-8-18(2)22(17)29-16-6-11-21(27)25-12-14-26(15-13-25)23(28)19-9-3-4-10-20(19)24/h3-5,7-10H,6,11-16H2,1-2H3. The number of rotatable bonds is 6. The van der Waals surface area contributed by atoms with Gasteiger partial charge in [-0.3, -0.25) is 9.59 Å². The van der Waals surface area contributed by atoms with Crippen molar-refractivity contribution in [3.8, 4) is 5.75 Å². The fourth-order valence-electron chi connectivity index (χ4n) is 3.55. The number of nitrogens with zero attached hydrogens (tertiary/aromatic N) is 2. The highest BCUT2D eigenvalue weighted by Crippen LogP contribution is 2.22. The highest BCUT2D eigenvalue weighted by Gasteiger charge is 2.25. The first kappa shape index (κ1) is 20.8. The summed E-state index contributed by atoms with van der Waals surface area (Å²) in [4.78, 5) is 28.3. The number of amides is 2. The van der Waals surface area contributed by atoms with E-state index < -0.39 is 5.82 Å². The predicted molar refractivity (Wildman–Crippen MR) is 110 cm³/mol. The third-order valence-corrected chi connectivity index (χ3v) is 5.21. The molecule has 0 spiro atoms. The van der Waals surface area contributed by atoms with Crippen LogP contribution in [0.4, 0.5) is 4.39 Å². The molecule has 1 fully saturated rings. The molecule has 0 N–H and O–H groups in total. The van der Waals surface area contributed by atoms with Gasteiger partial charge >= 0.3 is 0 Å². The number of para-hydroxylation sites is 1. The zero-order valence-electron chi connectivity index (χ0n) is 17.0. The Hall–Kier alpha value is -2.89. The van der Waals surface area contributed by atoms with Crippen LogP contribution in [0.3, 0.4) is 0 Å². The van der Waals surface area contributed by atoms with Crippen LogP contribution in [0.15, 0.2) is 42.5 Å². The number of carbonyl (C=O) groups excluding carboxylic acids is 2. The lowest BCUT2D eigenvalue weighted by molar-refractivity contribution is -0.132. The molecule has 29 heavy (non-hydrogen) atoms. The Balaban J connectivity index is 1.42. The highest BCUT2D eigenvalue weighted by molar-refractivity contribution is 5.94. The lowest BCUT2D eigenvalue weighted by Gasteiger charge is -2.35. The van der Waals surface area contributed by atoms with Crippen LogP contribution in [0.5, 0.6) is 5.75 Å². The van der Waals surface area contributed by atoms with Gasteiger partial charge in [0, 0.05) is 32.6 Å². The number of piperazine rings is 1. The van der Waals surface area contributed by atoms with Crippen molar-refractivity contribution in [3.63, 3.8) is 0 Å². The lowest BCUT2D eigenvalue weighted by Crippen LogP contribution is -2.50. The summed E-state index contributed by atoms with van der Waals surface area (Å²) in [6, 6.07) is 12.0. The van der Waals surface area contributed by atoms with Crippen LogP contribution in [0.25, 0.3) is 0 Å². The third kappa shape index (κ3) is 5.13. The third-order valence-electron chi connectivity index (χ3n) is 5.21. The molecule has 3 rings (SSSR count). The number of aryl methyl sites for hydroxylation is 2. The van der Waals surface area contributed by atoms with Gasteiger partial charge < -0.3 is 14.5 Å². The Kier molecular flexibility index (Phi) is 6.86. The van der Waals surface area contributed by atoms with Gasteiger partial charge in [0.2, 0.25) is 5.91 Å².